The number of likely N-dealkylation sites (N-methyl/N-ethyl adjacent to an activating group) is 1. The molecule has 0 aromatic heterocycles. The summed E-state index contributed by atoms with van der Waals surface area (Å²) in [6.45, 7) is 3.27. The summed E-state index contributed by atoms with van der Waals surface area (Å²) in [4.78, 5) is 1.89. The lowest BCUT2D eigenvalue weighted by Gasteiger charge is -2.25. The van der Waals surface area contributed by atoms with Crippen LogP contribution in [0.5, 0.6) is 0 Å². The summed E-state index contributed by atoms with van der Waals surface area (Å²) < 4.78 is 18.9. The lowest BCUT2D eigenvalue weighted by molar-refractivity contribution is 0.206. The topological polar surface area (TPSA) is 24.5 Å². The predicted octanol–water partition coefficient (Wildman–Crippen LogP) is 2.19. The smallest absolute Gasteiger partial charge is 0.146 e. The molecule has 3 nitrogen and oxygen atoms in total. The minimum absolute atomic E-state index is 0.116. The molecule has 0 aliphatic carbocycles. The van der Waals surface area contributed by atoms with Crippen LogP contribution in [0.15, 0.2) is 18.2 Å². The summed E-state index contributed by atoms with van der Waals surface area (Å²) >= 11 is 0. The normalized spacial score (nSPS) is 12.5. The first kappa shape index (κ1) is 13.9. The second-order valence-electron chi connectivity index (χ2n) is 4.10. The second kappa shape index (κ2) is 6.57. The molecule has 0 fully saturated rings. The van der Waals surface area contributed by atoms with Gasteiger partial charge in [-0.15, -0.1) is 0 Å². The molecule has 0 saturated carbocycles. The molecular formula is C13H21FN2O. The molecule has 1 atom stereocenters. The molecule has 1 aromatic carbocycles. The minimum Gasteiger partial charge on any atom is -0.383 e. The van der Waals surface area contributed by atoms with Gasteiger partial charge in [0.1, 0.15) is 5.82 Å². The summed E-state index contributed by atoms with van der Waals surface area (Å²) in [6, 6.07) is 5.30. The number of para-hydroxylation sites is 1. The van der Waals surface area contributed by atoms with E-state index in [1.165, 1.54) is 6.07 Å². The van der Waals surface area contributed by atoms with E-state index in [4.69, 9.17) is 4.74 Å². The summed E-state index contributed by atoms with van der Waals surface area (Å²) in [5.41, 5.74) is 1.61. The van der Waals surface area contributed by atoms with Crippen molar-refractivity contribution in [1.82, 2.24) is 5.32 Å². The highest BCUT2D eigenvalue weighted by molar-refractivity contribution is 5.55. The van der Waals surface area contributed by atoms with Crippen molar-refractivity contribution in [3.63, 3.8) is 0 Å². The highest BCUT2D eigenvalue weighted by Gasteiger charge is 2.16. The maximum atomic E-state index is 13.9. The van der Waals surface area contributed by atoms with Gasteiger partial charge in [-0.05, 0) is 25.6 Å². The number of anilines is 1. The van der Waals surface area contributed by atoms with Crippen molar-refractivity contribution in [3.05, 3.63) is 29.6 Å². The van der Waals surface area contributed by atoms with E-state index >= 15 is 0 Å². The number of nitrogens with zero attached hydrogens (tertiary/aromatic N) is 1. The number of benzene rings is 1. The van der Waals surface area contributed by atoms with Crippen LogP contribution in [0.2, 0.25) is 0 Å². The Bertz CT molecular complexity index is 357. The van der Waals surface area contributed by atoms with Crippen LogP contribution in [0.3, 0.4) is 0 Å². The molecule has 0 amide bonds. The summed E-state index contributed by atoms with van der Waals surface area (Å²) in [5, 5.41) is 3.14. The monoisotopic (exact) mass is 240 g/mol. The first-order chi connectivity index (χ1) is 8.11. The van der Waals surface area contributed by atoms with Crippen LogP contribution in [-0.2, 0) is 4.74 Å². The Balaban J connectivity index is 3.02. The van der Waals surface area contributed by atoms with E-state index in [9.17, 15) is 4.39 Å². The number of hydrogen-bond acceptors (Lipinski definition) is 3. The lowest BCUT2D eigenvalue weighted by atomic mass is 10.0. The number of halogens is 1. The zero-order chi connectivity index (χ0) is 12.8. The van der Waals surface area contributed by atoms with Crippen molar-refractivity contribution in [2.24, 2.45) is 0 Å². The largest absolute Gasteiger partial charge is 0.383 e. The summed E-state index contributed by atoms with van der Waals surface area (Å²) in [7, 11) is 5.39. The highest BCUT2D eigenvalue weighted by atomic mass is 19.1. The van der Waals surface area contributed by atoms with Crippen LogP contribution in [0.4, 0.5) is 10.1 Å². The number of nitrogens with one attached hydrogen (secondary N) is 1. The Morgan fingerprint density at radius 2 is 2.18 bits per heavy atom. The average molecular weight is 240 g/mol. The van der Waals surface area contributed by atoms with Crippen molar-refractivity contribution >= 4 is 5.69 Å². The van der Waals surface area contributed by atoms with Crippen molar-refractivity contribution in [2.75, 3.05) is 39.3 Å². The maximum Gasteiger partial charge on any atom is 0.146 e. The van der Waals surface area contributed by atoms with Crippen molar-refractivity contribution in [3.8, 4) is 0 Å². The van der Waals surface area contributed by atoms with E-state index in [0.717, 1.165) is 5.56 Å². The van der Waals surface area contributed by atoms with Gasteiger partial charge in [0.15, 0.2) is 0 Å². The van der Waals surface area contributed by atoms with Crippen LogP contribution in [0.1, 0.15) is 18.5 Å². The van der Waals surface area contributed by atoms with E-state index in [1.54, 1.807) is 13.2 Å². The van der Waals surface area contributed by atoms with Gasteiger partial charge in [-0.2, -0.15) is 0 Å². The second-order valence-corrected chi connectivity index (χ2v) is 4.10. The molecular weight excluding hydrogens is 219 g/mol. The summed E-state index contributed by atoms with van der Waals surface area (Å²) in [6.07, 6.45) is 0. The molecule has 0 bridgehead atoms. The Kier molecular flexibility index (Phi) is 5.38. The third kappa shape index (κ3) is 3.41. The molecule has 0 spiro atoms. The van der Waals surface area contributed by atoms with Crippen LogP contribution >= 0.6 is 0 Å². The zero-order valence-corrected chi connectivity index (χ0v) is 11.0. The van der Waals surface area contributed by atoms with Crippen LogP contribution in [0.25, 0.3) is 0 Å². The van der Waals surface area contributed by atoms with Gasteiger partial charge in [0, 0.05) is 26.7 Å². The molecule has 17 heavy (non-hydrogen) atoms. The fraction of sp³-hybridized carbons (Fsp3) is 0.538. The minimum atomic E-state index is -0.191. The van der Waals surface area contributed by atoms with Gasteiger partial charge in [0.2, 0.25) is 0 Å². The van der Waals surface area contributed by atoms with Crippen LogP contribution in [0, 0.1) is 5.82 Å². The molecule has 1 rings (SSSR count). The fourth-order valence-corrected chi connectivity index (χ4v) is 1.78. The van der Waals surface area contributed by atoms with Gasteiger partial charge in [0.25, 0.3) is 0 Å². The molecule has 96 valence electrons. The average Bonchev–Trinajstić information content (AvgIpc) is 2.34. The fourth-order valence-electron chi connectivity index (χ4n) is 1.78. The van der Waals surface area contributed by atoms with Gasteiger partial charge < -0.3 is 15.0 Å². The highest BCUT2D eigenvalue weighted by Crippen LogP contribution is 2.28. The third-order valence-corrected chi connectivity index (χ3v) is 2.93. The zero-order valence-electron chi connectivity index (χ0n) is 11.0. The van der Waals surface area contributed by atoms with E-state index < -0.39 is 0 Å². The van der Waals surface area contributed by atoms with E-state index in [1.807, 2.05) is 32.0 Å². The van der Waals surface area contributed by atoms with Gasteiger partial charge in [-0.1, -0.05) is 12.1 Å². The SMILES string of the molecule is CNC(C)c1cccc(F)c1N(C)CCOC. The molecule has 1 unspecified atom stereocenters. The van der Waals surface area contributed by atoms with E-state index in [2.05, 4.69) is 5.32 Å². The molecule has 0 aliphatic heterocycles. The van der Waals surface area contributed by atoms with Crippen LogP contribution in [-0.4, -0.2) is 34.4 Å². The Morgan fingerprint density at radius 1 is 1.47 bits per heavy atom. The Morgan fingerprint density at radius 3 is 2.76 bits per heavy atom. The summed E-state index contributed by atoms with van der Waals surface area (Å²) in [5.74, 6) is -0.191. The van der Waals surface area contributed by atoms with Crippen LogP contribution < -0.4 is 10.2 Å². The first-order valence-electron chi connectivity index (χ1n) is 5.77. The Hall–Kier alpha value is -1.13. The molecule has 0 heterocycles. The number of ether oxygens (including phenoxy) is 1. The van der Waals surface area contributed by atoms with Gasteiger partial charge in [0.05, 0.1) is 12.3 Å². The molecule has 0 aliphatic rings. The van der Waals surface area contributed by atoms with E-state index in [0.29, 0.717) is 18.8 Å². The third-order valence-electron chi connectivity index (χ3n) is 2.93. The van der Waals surface area contributed by atoms with E-state index in [-0.39, 0.29) is 11.9 Å². The van der Waals surface area contributed by atoms with Crippen molar-refractivity contribution in [1.29, 1.82) is 0 Å². The quantitative estimate of drug-likeness (QED) is 0.825. The van der Waals surface area contributed by atoms with Crippen molar-refractivity contribution < 1.29 is 9.13 Å². The Labute approximate surface area is 103 Å². The molecule has 0 saturated heterocycles. The van der Waals surface area contributed by atoms with Crippen molar-refractivity contribution in [2.45, 2.75) is 13.0 Å². The molecule has 1 aromatic rings. The first-order valence-corrected chi connectivity index (χ1v) is 5.77. The molecule has 4 heteroatoms. The number of rotatable bonds is 6. The standard InChI is InChI=1S/C13H21FN2O/c1-10(15-2)11-6-5-7-12(14)13(11)16(3)8-9-17-4/h5-7,10,15H,8-9H2,1-4H3. The molecule has 1 N–H and O–H groups in total. The lowest BCUT2D eigenvalue weighted by Crippen LogP contribution is -2.26. The van der Waals surface area contributed by atoms with Gasteiger partial charge in [-0.25, -0.2) is 4.39 Å². The van der Waals surface area contributed by atoms with Gasteiger partial charge >= 0.3 is 0 Å². The number of hydrogen-bond donors (Lipinski definition) is 1. The van der Waals surface area contributed by atoms with Gasteiger partial charge in [-0.3, -0.25) is 0 Å². The molecule has 0 radical (unpaired) electrons. The number of methoxy groups -OCH3 is 1. The predicted molar refractivity (Wildman–Crippen MR) is 69.0 cm³/mol. The maximum absolute atomic E-state index is 13.9.